The van der Waals surface area contributed by atoms with Crippen molar-refractivity contribution in [2.75, 3.05) is 18.2 Å². The van der Waals surface area contributed by atoms with Crippen molar-refractivity contribution in [2.45, 2.75) is 19.8 Å². The Hall–Kier alpha value is -2.61. The summed E-state index contributed by atoms with van der Waals surface area (Å²) in [4.78, 5) is 11.2. The lowest BCUT2D eigenvalue weighted by atomic mass is 9.95. The molecule has 6 heteroatoms. The van der Waals surface area contributed by atoms with Crippen LogP contribution < -0.4 is 9.47 Å². The van der Waals surface area contributed by atoms with Crippen molar-refractivity contribution in [3.05, 3.63) is 78.0 Å². The Labute approximate surface area is 190 Å². The summed E-state index contributed by atoms with van der Waals surface area (Å²) in [6.45, 7) is 3.18. The van der Waals surface area contributed by atoms with Gasteiger partial charge in [0.2, 0.25) is 5.88 Å². The second kappa shape index (κ2) is 9.47. The summed E-state index contributed by atoms with van der Waals surface area (Å²) in [5.74, 6) is 2.39. The molecule has 0 amide bonds. The first kappa shape index (κ1) is 20.7. The van der Waals surface area contributed by atoms with Crippen molar-refractivity contribution < 1.29 is 9.47 Å². The van der Waals surface area contributed by atoms with E-state index in [4.69, 9.17) is 9.47 Å². The molecule has 1 aromatic carbocycles. The van der Waals surface area contributed by atoms with Gasteiger partial charge in [-0.15, -0.1) is 0 Å². The van der Waals surface area contributed by atoms with Crippen LogP contribution in [-0.2, 0) is 0 Å². The van der Waals surface area contributed by atoms with E-state index in [1.165, 1.54) is 5.70 Å². The normalized spacial score (nSPS) is 13.9. The number of hydrogen-bond donors (Lipinski definition) is 0. The maximum absolute atomic E-state index is 6.33. The minimum absolute atomic E-state index is 0.604. The molecule has 4 rings (SSSR count). The Bertz CT molecular complexity index is 1090. The van der Waals surface area contributed by atoms with Crippen LogP contribution in [0.1, 0.15) is 25.3 Å². The van der Waals surface area contributed by atoms with Crippen LogP contribution in [0, 0.1) is 0 Å². The Balaban J connectivity index is 1.74. The van der Waals surface area contributed by atoms with Gasteiger partial charge >= 0.3 is 0 Å². The van der Waals surface area contributed by atoms with Crippen molar-refractivity contribution in [3.8, 4) is 11.6 Å². The molecule has 0 spiro atoms. The van der Waals surface area contributed by atoms with E-state index in [0.717, 1.165) is 57.5 Å². The Morgan fingerprint density at radius 3 is 2.63 bits per heavy atom. The summed E-state index contributed by atoms with van der Waals surface area (Å²) in [7, 11) is 1.68. The first-order valence-corrected chi connectivity index (χ1v) is 11.5. The molecule has 0 aliphatic heterocycles. The third-order valence-electron chi connectivity index (χ3n) is 5.24. The van der Waals surface area contributed by atoms with Crippen molar-refractivity contribution >= 4 is 39.1 Å². The van der Waals surface area contributed by atoms with Gasteiger partial charge in [-0.3, -0.25) is 4.98 Å². The van der Waals surface area contributed by atoms with Gasteiger partial charge in [-0.1, -0.05) is 34.7 Å². The number of halogens is 1. The van der Waals surface area contributed by atoms with Gasteiger partial charge in [-0.25, -0.2) is 4.98 Å². The predicted octanol–water partition coefficient (Wildman–Crippen LogP) is 5.82. The molecule has 2 aromatic heterocycles. The quantitative estimate of drug-likeness (QED) is 0.226. The standard InChI is InChI=1S/C24H24IN3O2/c1-3-28(16-25)19-7-10-23(21(14-19)17-4-8-20(29-2)9-5-17)30-24-11-6-18-15-26-13-12-22(18)27-24/h4-6,8-9,11-15H,3,7,10,16H2,1-2H3. The monoisotopic (exact) mass is 513 g/mol. The summed E-state index contributed by atoms with van der Waals surface area (Å²) >= 11 is 2.42. The summed E-state index contributed by atoms with van der Waals surface area (Å²) in [6, 6.07) is 13.9. The molecule has 0 fully saturated rings. The van der Waals surface area contributed by atoms with Gasteiger partial charge in [-0.05, 0) is 49.2 Å². The van der Waals surface area contributed by atoms with Crippen LogP contribution in [0.25, 0.3) is 16.5 Å². The van der Waals surface area contributed by atoms with E-state index in [1.54, 1.807) is 13.3 Å². The van der Waals surface area contributed by atoms with E-state index >= 15 is 0 Å². The fraction of sp³-hybridized carbons (Fsp3) is 0.250. The molecule has 3 aromatic rings. The number of fused-ring (bicyclic) bond motifs is 1. The summed E-state index contributed by atoms with van der Waals surface area (Å²) in [5, 5.41) is 1.00. The zero-order valence-electron chi connectivity index (χ0n) is 17.1. The minimum atomic E-state index is 0.604. The average molecular weight is 513 g/mol. The maximum atomic E-state index is 6.33. The predicted molar refractivity (Wildman–Crippen MR) is 129 cm³/mol. The van der Waals surface area contributed by atoms with Gasteiger partial charge in [0.25, 0.3) is 0 Å². The van der Waals surface area contributed by atoms with E-state index in [0.29, 0.717) is 5.88 Å². The van der Waals surface area contributed by atoms with Gasteiger partial charge in [0.15, 0.2) is 0 Å². The average Bonchev–Trinajstić information content (AvgIpc) is 2.80. The number of nitrogens with zero attached hydrogens (tertiary/aromatic N) is 3. The van der Waals surface area contributed by atoms with E-state index in [9.17, 15) is 0 Å². The zero-order valence-corrected chi connectivity index (χ0v) is 19.3. The van der Waals surface area contributed by atoms with Crippen LogP contribution in [0.15, 0.2) is 72.4 Å². The molecule has 2 heterocycles. The third kappa shape index (κ3) is 4.43. The van der Waals surface area contributed by atoms with E-state index in [1.807, 2.05) is 36.5 Å². The number of allylic oxidation sites excluding steroid dienone is 4. The fourth-order valence-electron chi connectivity index (χ4n) is 3.56. The number of hydrogen-bond acceptors (Lipinski definition) is 5. The Kier molecular flexibility index (Phi) is 6.52. The molecule has 0 bridgehead atoms. The zero-order chi connectivity index (χ0) is 20.9. The number of alkyl halides is 1. The smallest absolute Gasteiger partial charge is 0.219 e. The SMILES string of the molecule is CCN(CI)C1=CC(c2ccc(OC)cc2)=C(Oc2ccc3cnccc3n2)CC1. The number of benzene rings is 1. The first-order chi connectivity index (χ1) is 14.7. The van der Waals surface area contributed by atoms with Gasteiger partial charge in [-0.2, -0.15) is 0 Å². The minimum Gasteiger partial charge on any atom is -0.497 e. The van der Waals surface area contributed by atoms with Crippen molar-refractivity contribution in [2.24, 2.45) is 0 Å². The molecule has 1 aliphatic rings. The topological polar surface area (TPSA) is 47.5 Å². The molecular formula is C24H24IN3O2. The molecular weight excluding hydrogens is 489 g/mol. The molecule has 0 saturated carbocycles. The molecule has 0 N–H and O–H groups in total. The lowest BCUT2D eigenvalue weighted by molar-refractivity contribution is 0.366. The molecule has 154 valence electrons. The third-order valence-corrected chi connectivity index (χ3v) is 6.07. The van der Waals surface area contributed by atoms with Gasteiger partial charge < -0.3 is 14.4 Å². The number of pyridine rings is 2. The van der Waals surface area contributed by atoms with Crippen LogP contribution in [0.3, 0.4) is 0 Å². The van der Waals surface area contributed by atoms with Crippen molar-refractivity contribution in [3.63, 3.8) is 0 Å². The molecule has 0 atom stereocenters. The highest BCUT2D eigenvalue weighted by Gasteiger charge is 2.20. The second-order valence-corrected chi connectivity index (χ2v) is 7.68. The summed E-state index contributed by atoms with van der Waals surface area (Å²) < 4.78 is 12.6. The van der Waals surface area contributed by atoms with E-state index in [2.05, 4.69) is 62.6 Å². The number of methoxy groups -OCH3 is 1. The molecule has 1 aliphatic carbocycles. The second-order valence-electron chi connectivity index (χ2n) is 7.00. The lowest BCUT2D eigenvalue weighted by Gasteiger charge is -2.28. The van der Waals surface area contributed by atoms with Crippen LogP contribution in [0.4, 0.5) is 0 Å². The van der Waals surface area contributed by atoms with Crippen LogP contribution in [0.2, 0.25) is 0 Å². The van der Waals surface area contributed by atoms with E-state index < -0.39 is 0 Å². The number of rotatable bonds is 7. The highest BCUT2D eigenvalue weighted by Crippen LogP contribution is 2.34. The fourth-order valence-corrected chi connectivity index (χ4v) is 4.48. The highest BCUT2D eigenvalue weighted by molar-refractivity contribution is 14.1. The Morgan fingerprint density at radius 1 is 1.07 bits per heavy atom. The molecule has 30 heavy (non-hydrogen) atoms. The van der Waals surface area contributed by atoms with Crippen LogP contribution in [0.5, 0.6) is 11.6 Å². The molecule has 0 saturated heterocycles. The Morgan fingerprint density at radius 2 is 1.90 bits per heavy atom. The van der Waals surface area contributed by atoms with Gasteiger partial charge in [0.1, 0.15) is 11.5 Å². The molecule has 0 radical (unpaired) electrons. The maximum Gasteiger partial charge on any atom is 0.219 e. The summed E-state index contributed by atoms with van der Waals surface area (Å²) in [6.07, 6.45) is 7.60. The lowest BCUT2D eigenvalue weighted by Crippen LogP contribution is -2.23. The van der Waals surface area contributed by atoms with Crippen LogP contribution in [-0.4, -0.2) is 33.1 Å². The van der Waals surface area contributed by atoms with Gasteiger partial charge in [0.05, 0.1) is 17.2 Å². The number of ether oxygens (including phenoxy) is 2. The molecule has 5 nitrogen and oxygen atoms in total. The van der Waals surface area contributed by atoms with Gasteiger partial charge in [0, 0.05) is 48.1 Å². The van der Waals surface area contributed by atoms with E-state index in [-0.39, 0.29) is 0 Å². The summed E-state index contributed by atoms with van der Waals surface area (Å²) in [5.41, 5.74) is 4.42. The largest absolute Gasteiger partial charge is 0.497 e. The van der Waals surface area contributed by atoms with Crippen molar-refractivity contribution in [1.82, 2.24) is 14.9 Å². The molecule has 0 unspecified atom stereocenters. The first-order valence-electron chi connectivity index (χ1n) is 9.99. The number of aromatic nitrogens is 2. The van der Waals surface area contributed by atoms with Crippen LogP contribution >= 0.6 is 22.6 Å². The highest BCUT2D eigenvalue weighted by atomic mass is 127. The van der Waals surface area contributed by atoms with Crippen molar-refractivity contribution in [1.29, 1.82) is 0 Å².